The van der Waals surface area contributed by atoms with Crippen LogP contribution in [-0.2, 0) is 0 Å². The highest BCUT2D eigenvalue weighted by molar-refractivity contribution is 6.31. The third-order valence-electron chi connectivity index (χ3n) is 3.07. The van der Waals surface area contributed by atoms with Crippen molar-refractivity contribution in [1.82, 2.24) is 5.32 Å². The average Bonchev–Trinajstić information content (AvgIpc) is 3.08. The maximum Gasteiger partial charge on any atom is 0.251 e. The molecule has 1 aliphatic carbocycles. The molecule has 3 nitrogen and oxygen atoms in total. The van der Waals surface area contributed by atoms with E-state index in [1.165, 1.54) is 0 Å². The summed E-state index contributed by atoms with van der Waals surface area (Å²) in [7, 11) is 0. The van der Waals surface area contributed by atoms with Crippen molar-refractivity contribution in [2.24, 2.45) is 11.7 Å². The van der Waals surface area contributed by atoms with Crippen LogP contribution in [0, 0.1) is 12.8 Å². The lowest BCUT2D eigenvalue weighted by molar-refractivity contribution is 0.0933. The number of aryl methyl sites for hydroxylation is 1. The number of nitrogens with one attached hydrogen (secondary N) is 1. The van der Waals surface area contributed by atoms with E-state index in [1.54, 1.807) is 6.07 Å². The number of nitrogens with two attached hydrogens (primary N) is 1. The van der Waals surface area contributed by atoms with Crippen molar-refractivity contribution in [1.29, 1.82) is 0 Å². The molecule has 17 heavy (non-hydrogen) atoms. The Labute approximate surface area is 106 Å². The van der Waals surface area contributed by atoms with Crippen LogP contribution in [-0.4, -0.2) is 18.5 Å². The van der Waals surface area contributed by atoms with Crippen molar-refractivity contribution in [3.63, 3.8) is 0 Å². The molecule has 1 amide bonds. The molecular weight excluding hydrogens is 236 g/mol. The molecule has 1 aliphatic rings. The Hall–Kier alpha value is -1.06. The smallest absolute Gasteiger partial charge is 0.251 e. The summed E-state index contributed by atoms with van der Waals surface area (Å²) in [6, 6.07) is 5.45. The second-order valence-electron chi connectivity index (χ2n) is 4.67. The minimum absolute atomic E-state index is 0.0852. The predicted octanol–water partition coefficient (Wildman–Crippen LogP) is 2.12. The molecule has 0 bridgehead atoms. The van der Waals surface area contributed by atoms with Crippen molar-refractivity contribution in [3.8, 4) is 0 Å². The average molecular weight is 253 g/mol. The van der Waals surface area contributed by atoms with Gasteiger partial charge in [-0.05, 0) is 49.4 Å². The van der Waals surface area contributed by atoms with Crippen molar-refractivity contribution in [3.05, 3.63) is 34.3 Å². The third kappa shape index (κ3) is 3.20. The Balaban J connectivity index is 2.07. The number of benzene rings is 1. The minimum atomic E-state index is -0.0852. The maximum atomic E-state index is 12.0. The number of amides is 1. The van der Waals surface area contributed by atoms with Crippen LogP contribution in [0.25, 0.3) is 0 Å². The number of carbonyl (C=O) groups excluding carboxylic acids is 1. The summed E-state index contributed by atoms with van der Waals surface area (Å²) >= 11 is 5.93. The zero-order valence-electron chi connectivity index (χ0n) is 9.87. The SMILES string of the molecule is Cc1cc(Cl)cc(C(=O)NC(CN)C2CC2)c1. The second kappa shape index (κ2) is 5.07. The minimum Gasteiger partial charge on any atom is -0.348 e. The van der Waals surface area contributed by atoms with Gasteiger partial charge in [-0.15, -0.1) is 0 Å². The van der Waals surface area contributed by atoms with Gasteiger partial charge in [-0.1, -0.05) is 11.6 Å². The van der Waals surface area contributed by atoms with Crippen molar-refractivity contribution in [2.45, 2.75) is 25.8 Å². The molecule has 0 radical (unpaired) electrons. The third-order valence-corrected chi connectivity index (χ3v) is 3.28. The Morgan fingerprint density at radius 2 is 2.24 bits per heavy atom. The van der Waals surface area contributed by atoms with Crippen molar-refractivity contribution >= 4 is 17.5 Å². The van der Waals surface area contributed by atoms with Gasteiger partial charge in [0.25, 0.3) is 5.91 Å². The fourth-order valence-corrected chi connectivity index (χ4v) is 2.28. The standard InChI is InChI=1S/C13H17ClN2O/c1-8-4-10(6-11(14)5-8)13(17)16-12(7-15)9-2-3-9/h4-6,9,12H,2-3,7,15H2,1H3,(H,16,17). The number of hydrogen-bond donors (Lipinski definition) is 2. The fourth-order valence-electron chi connectivity index (χ4n) is 1.99. The van der Waals surface area contributed by atoms with Crippen LogP contribution in [0.5, 0.6) is 0 Å². The molecule has 4 heteroatoms. The molecule has 1 fully saturated rings. The van der Waals surface area contributed by atoms with Crippen LogP contribution < -0.4 is 11.1 Å². The molecule has 1 aromatic carbocycles. The van der Waals surface area contributed by atoms with Crippen LogP contribution >= 0.6 is 11.6 Å². The lowest BCUT2D eigenvalue weighted by Gasteiger charge is -2.16. The molecule has 92 valence electrons. The van der Waals surface area contributed by atoms with E-state index in [9.17, 15) is 4.79 Å². The first kappa shape index (κ1) is 12.4. The molecule has 0 spiro atoms. The molecule has 0 saturated heterocycles. The van der Waals surface area contributed by atoms with E-state index >= 15 is 0 Å². The monoisotopic (exact) mass is 252 g/mol. The van der Waals surface area contributed by atoms with E-state index in [2.05, 4.69) is 5.32 Å². The number of halogens is 1. The van der Waals surface area contributed by atoms with Gasteiger partial charge < -0.3 is 11.1 Å². The van der Waals surface area contributed by atoms with Crippen LogP contribution in [0.1, 0.15) is 28.8 Å². The summed E-state index contributed by atoms with van der Waals surface area (Å²) in [5.41, 5.74) is 7.25. The van der Waals surface area contributed by atoms with E-state index in [-0.39, 0.29) is 11.9 Å². The fraction of sp³-hybridized carbons (Fsp3) is 0.462. The summed E-state index contributed by atoms with van der Waals surface area (Å²) in [5.74, 6) is 0.474. The highest BCUT2D eigenvalue weighted by Crippen LogP contribution is 2.32. The molecule has 3 N–H and O–H groups in total. The molecule has 1 unspecified atom stereocenters. The van der Waals surface area contributed by atoms with E-state index in [4.69, 9.17) is 17.3 Å². The van der Waals surface area contributed by atoms with Crippen molar-refractivity contribution < 1.29 is 4.79 Å². The van der Waals surface area contributed by atoms with Crippen LogP contribution in [0.4, 0.5) is 0 Å². The quantitative estimate of drug-likeness (QED) is 0.863. The number of rotatable bonds is 4. The number of carbonyl (C=O) groups is 1. The van der Waals surface area contributed by atoms with Crippen LogP contribution in [0.2, 0.25) is 5.02 Å². The first-order chi connectivity index (χ1) is 8.10. The first-order valence-electron chi connectivity index (χ1n) is 5.88. The van der Waals surface area contributed by atoms with Gasteiger partial charge in [-0.25, -0.2) is 0 Å². The highest BCUT2D eigenvalue weighted by Gasteiger charge is 2.31. The van der Waals surface area contributed by atoms with Gasteiger partial charge in [-0.3, -0.25) is 4.79 Å². The van der Waals surface area contributed by atoms with E-state index < -0.39 is 0 Å². The molecule has 0 aliphatic heterocycles. The molecule has 1 aromatic rings. The van der Waals surface area contributed by atoms with Crippen molar-refractivity contribution in [2.75, 3.05) is 6.54 Å². The summed E-state index contributed by atoms with van der Waals surface area (Å²) in [6.45, 7) is 2.42. The Bertz CT molecular complexity index is 409. The molecule has 0 aromatic heterocycles. The van der Waals surface area contributed by atoms with Gasteiger partial charge in [-0.2, -0.15) is 0 Å². The summed E-state index contributed by atoms with van der Waals surface area (Å²) in [5, 5.41) is 3.57. The van der Waals surface area contributed by atoms with Gasteiger partial charge in [0.15, 0.2) is 0 Å². The Kier molecular flexibility index (Phi) is 3.69. The molecular formula is C13H17ClN2O. The maximum absolute atomic E-state index is 12.0. The zero-order chi connectivity index (χ0) is 12.4. The largest absolute Gasteiger partial charge is 0.348 e. The van der Waals surface area contributed by atoms with Gasteiger partial charge in [0.2, 0.25) is 0 Å². The predicted molar refractivity (Wildman–Crippen MR) is 69.2 cm³/mol. The van der Waals surface area contributed by atoms with E-state index in [0.29, 0.717) is 23.0 Å². The molecule has 1 atom stereocenters. The molecule has 1 saturated carbocycles. The van der Waals surface area contributed by atoms with E-state index in [0.717, 1.165) is 18.4 Å². The van der Waals surface area contributed by atoms with Crippen LogP contribution in [0.3, 0.4) is 0 Å². The van der Waals surface area contributed by atoms with E-state index in [1.807, 2.05) is 19.1 Å². The Morgan fingerprint density at radius 3 is 2.76 bits per heavy atom. The summed E-state index contributed by atoms with van der Waals surface area (Å²) < 4.78 is 0. The summed E-state index contributed by atoms with van der Waals surface area (Å²) in [6.07, 6.45) is 2.33. The second-order valence-corrected chi connectivity index (χ2v) is 5.11. The van der Waals surface area contributed by atoms with Gasteiger partial charge in [0.05, 0.1) is 0 Å². The van der Waals surface area contributed by atoms with Crippen LogP contribution in [0.15, 0.2) is 18.2 Å². The molecule has 0 heterocycles. The summed E-state index contributed by atoms with van der Waals surface area (Å²) in [4.78, 5) is 12.0. The normalized spacial score (nSPS) is 16.6. The first-order valence-corrected chi connectivity index (χ1v) is 6.26. The molecule has 2 rings (SSSR count). The van der Waals surface area contributed by atoms with Gasteiger partial charge in [0, 0.05) is 23.2 Å². The van der Waals surface area contributed by atoms with Gasteiger partial charge in [0.1, 0.15) is 0 Å². The lowest BCUT2D eigenvalue weighted by atomic mass is 10.1. The lowest BCUT2D eigenvalue weighted by Crippen LogP contribution is -2.41. The van der Waals surface area contributed by atoms with Gasteiger partial charge >= 0.3 is 0 Å². The number of hydrogen-bond acceptors (Lipinski definition) is 2. The Morgan fingerprint density at radius 1 is 1.53 bits per heavy atom. The topological polar surface area (TPSA) is 55.1 Å². The highest BCUT2D eigenvalue weighted by atomic mass is 35.5. The zero-order valence-corrected chi connectivity index (χ0v) is 10.6.